The van der Waals surface area contributed by atoms with E-state index in [0.717, 1.165) is 38.2 Å². The Kier molecular flexibility index (Phi) is 2.07. The zero-order valence-corrected chi connectivity index (χ0v) is 7.18. The van der Waals surface area contributed by atoms with E-state index in [4.69, 9.17) is 4.74 Å². The largest absolute Gasteiger partial charge is 0.495 e. The summed E-state index contributed by atoms with van der Waals surface area (Å²) in [6, 6.07) is 0. The number of hydrogen-bond donors (Lipinski definition) is 2. The van der Waals surface area contributed by atoms with Gasteiger partial charge in [0.2, 0.25) is 0 Å². The van der Waals surface area contributed by atoms with Crippen molar-refractivity contribution in [1.29, 1.82) is 0 Å². The lowest BCUT2D eigenvalue weighted by Crippen LogP contribution is -2.47. The highest BCUT2D eigenvalue weighted by Gasteiger charge is 2.35. The maximum absolute atomic E-state index is 10.1. The molecule has 2 heterocycles. The summed E-state index contributed by atoms with van der Waals surface area (Å²) in [6.07, 6.45) is 4.80. The molecule has 1 atom stereocenters. The number of nitrogens with one attached hydrogen (secondary N) is 1. The second kappa shape index (κ2) is 3.07. The van der Waals surface area contributed by atoms with Crippen molar-refractivity contribution in [2.24, 2.45) is 0 Å². The Morgan fingerprint density at radius 3 is 3.08 bits per heavy atom. The van der Waals surface area contributed by atoms with Gasteiger partial charge in [0.1, 0.15) is 11.4 Å². The first-order chi connectivity index (χ1) is 5.81. The lowest BCUT2D eigenvalue weighted by molar-refractivity contribution is 0.000768. The summed E-state index contributed by atoms with van der Waals surface area (Å²) in [7, 11) is 0. The fraction of sp³-hybridized carbons (Fsp3) is 0.778. The van der Waals surface area contributed by atoms with Crippen molar-refractivity contribution in [3.8, 4) is 0 Å². The Morgan fingerprint density at radius 2 is 2.50 bits per heavy atom. The molecule has 1 saturated heterocycles. The van der Waals surface area contributed by atoms with Gasteiger partial charge in [-0.25, -0.2) is 0 Å². The van der Waals surface area contributed by atoms with Crippen molar-refractivity contribution in [2.45, 2.75) is 24.9 Å². The van der Waals surface area contributed by atoms with Gasteiger partial charge in [-0.05, 0) is 25.5 Å². The van der Waals surface area contributed by atoms with Crippen molar-refractivity contribution in [3.63, 3.8) is 0 Å². The van der Waals surface area contributed by atoms with E-state index in [0.29, 0.717) is 6.54 Å². The molecule has 2 aliphatic rings. The average Bonchev–Trinajstić information content (AvgIpc) is 2.58. The molecule has 0 spiro atoms. The smallest absolute Gasteiger partial charge is 0.133 e. The van der Waals surface area contributed by atoms with Crippen LogP contribution in [0.15, 0.2) is 11.8 Å². The molecule has 0 saturated carbocycles. The van der Waals surface area contributed by atoms with Gasteiger partial charge < -0.3 is 15.2 Å². The molecule has 2 N–H and O–H groups in total. The third-order valence-corrected chi connectivity index (χ3v) is 2.53. The second-order valence-electron chi connectivity index (χ2n) is 3.52. The first-order valence-corrected chi connectivity index (χ1v) is 4.58. The van der Waals surface area contributed by atoms with Crippen LogP contribution in [-0.2, 0) is 4.74 Å². The minimum Gasteiger partial charge on any atom is -0.495 e. The zero-order valence-electron chi connectivity index (χ0n) is 7.18. The summed E-state index contributed by atoms with van der Waals surface area (Å²) in [5.41, 5.74) is -0.714. The van der Waals surface area contributed by atoms with E-state index in [9.17, 15) is 5.11 Å². The zero-order chi connectivity index (χ0) is 8.44. The monoisotopic (exact) mass is 169 g/mol. The number of piperidine rings is 1. The van der Waals surface area contributed by atoms with E-state index in [1.807, 2.05) is 6.08 Å². The average molecular weight is 169 g/mol. The Morgan fingerprint density at radius 1 is 1.58 bits per heavy atom. The van der Waals surface area contributed by atoms with Gasteiger partial charge in [-0.3, -0.25) is 0 Å². The Bertz CT molecular complexity index is 195. The molecule has 2 aliphatic heterocycles. The van der Waals surface area contributed by atoms with Gasteiger partial charge in [0.05, 0.1) is 6.61 Å². The molecule has 0 bridgehead atoms. The summed E-state index contributed by atoms with van der Waals surface area (Å²) in [5, 5.41) is 13.3. The molecule has 0 aromatic heterocycles. The SMILES string of the molecule is OC1(C2=CCCO2)CCCNC1. The van der Waals surface area contributed by atoms with Crippen LogP contribution in [-0.4, -0.2) is 30.4 Å². The first kappa shape index (κ1) is 8.08. The van der Waals surface area contributed by atoms with Crippen LogP contribution in [0.5, 0.6) is 0 Å². The number of aliphatic hydroxyl groups is 1. The van der Waals surface area contributed by atoms with E-state index in [-0.39, 0.29) is 0 Å². The van der Waals surface area contributed by atoms with Crippen molar-refractivity contribution in [3.05, 3.63) is 11.8 Å². The van der Waals surface area contributed by atoms with E-state index in [1.54, 1.807) is 0 Å². The third kappa shape index (κ3) is 1.34. The fourth-order valence-corrected chi connectivity index (χ4v) is 1.84. The molecule has 2 rings (SSSR count). The van der Waals surface area contributed by atoms with E-state index in [1.165, 1.54) is 0 Å². The lowest BCUT2D eigenvalue weighted by atomic mass is 9.92. The molecular formula is C9H15NO2. The van der Waals surface area contributed by atoms with Gasteiger partial charge in [0.25, 0.3) is 0 Å². The predicted molar refractivity (Wildman–Crippen MR) is 45.7 cm³/mol. The van der Waals surface area contributed by atoms with E-state index in [2.05, 4.69) is 5.32 Å². The maximum atomic E-state index is 10.1. The van der Waals surface area contributed by atoms with Crippen LogP contribution in [0.3, 0.4) is 0 Å². The first-order valence-electron chi connectivity index (χ1n) is 4.58. The van der Waals surface area contributed by atoms with Crippen LogP contribution in [0.25, 0.3) is 0 Å². The van der Waals surface area contributed by atoms with Crippen LogP contribution in [0.2, 0.25) is 0 Å². The molecule has 0 aromatic rings. The highest BCUT2D eigenvalue weighted by molar-refractivity contribution is 5.15. The van der Waals surface area contributed by atoms with E-state index >= 15 is 0 Å². The molecule has 0 aliphatic carbocycles. The number of ether oxygens (including phenoxy) is 1. The Labute approximate surface area is 72.4 Å². The topological polar surface area (TPSA) is 41.5 Å². The molecule has 1 unspecified atom stereocenters. The molecule has 0 aromatic carbocycles. The summed E-state index contributed by atoms with van der Waals surface area (Å²) < 4.78 is 5.37. The van der Waals surface area contributed by atoms with Gasteiger partial charge in [-0.15, -0.1) is 0 Å². The van der Waals surface area contributed by atoms with Crippen molar-refractivity contribution in [1.82, 2.24) is 5.32 Å². The van der Waals surface area contributed by atoms with Crippen LogP contribution in [0.1, 0.15) is 19.3 Å². The molecule has 1 fully saturated rings. The maximum Gasteiger partial charge on any atom is 0.133 e. The van der Waals surface area contributed by atoms with Crippen LogP contribution in [0, 0.1) is 0 Å². The van der Waals surface area contributed by atoms with Gasteiger partial charge >= 0.3 is 0 Å². The van der Waals surface area contributed by atoms with Gasteiger partial charge in [0, 0.05) is 13.0 Å². The van der Waals surface area contributed by atoms with Crippen molar-refractivity contribution >= 4 is 0 Å². The number of β-amino-alcohol motifs (C(OH)–C–C–N with tert-alkyl or cyclic N) is 1. The summed E-state index contributed by atoms with van der Waals surface area (Å²) in [4.78, 5) is 0. The highest BCUT2D eigenvalue weighted by atomic mass is 16.5. The molecule has 3 heteroatoms. The number of hydrogen-bond acceptors (Lipinski definition) is 3. The lowest BCUT2D eigenvalue weighted by Gasteiger charge is -2.32. The Balaban J connectivity index is 2.07. The summed E-state index contributed by atoms with van der Waals surface area (Å²) in [6.45, 7) is 2.38. The van der Waals surface area contributed by atoms with Gasteiger partial charge in [-0.2, -0.15) is 0 Å². The van der Waals surface area contributed by atoms with E-state index < -0.39 is 5.60 Å². The molecule has 12 heavy (non-hydrogen) atoms. The molecule has 3 nitrogen and oxygen atoms in total. The van der Waals surface area contributed by atoms with Crippen molar-refractivity contribution in [2.75, 3.05) is 19.7 Å². The predicted octanol–water partition coefficient (Wildman–Crippen LogP) is 0.405. The molecule has 0 radical (unpaired) electrons. The third-order valence-electron chi connectivity index (χ3n) is 2.53. The van der Waals surface area contributed by atoms with Gasteiger partial charge in [-0.1, -0.05) is 0 Å². The minimum atomic E-state index is -0.714. The second-order valence-corrected chi connectivity index (χ2v) is 3.52. The molecule has 68 valence electrons. The minimum absolute atomic E-state index is 0.638. The Hall–Kier alpha value is -0.540. The summed E-state index contributed by atoms with van der Waals surface area (Å²) >= 11 is 0. The number of rotatable bonds is 1. The highest BCUT2D eigenvalue weighted by Crippen LogP contribution is 2.28. The quantitative estimate of drug-likeness (QED) is 0.597. The van der Waals surface area contributed by atoms with Crippen LogP contribution >= 0.6 is 0 Å². The van der Waals surface area contributed by atoms with Crippen molar-refractivity contribution < 1.29 is 9.84 Å². The van der Waals surface area contributed by atoms with Crippen LogP contribution in [0.4, 0.5) is 0 Å². The van der Waals surface area contributed by atoms with Gasteiger partial charge in [0.15, 0.2) is 0 Å². The molecule has 0 amide bonds. The normalized spacial score (nSPS) is 35.9. The molecular weight excluding hydrogens is 154 g/mol. The summed E-state index contributed by atoms with van der Waals surface area (Å²) in [5.74, 6) is 0.787. The van der Waals surface area contributed by atoms with Crippen LogP contribution < -0.4 is 5.32 Å². The standard InChI is InChI=1S/C9H15NO2/c11-9(4-2-5-10-7-9)8-3-1-6-12-8/h3,10-11H,1-2,4-7H2. The fourth-order valence-electron chi connectivity index (χ4n) is 1.84.